The van der Waals surface area contributed by atoms with Crippen molar-refractivity contribution < 1.29 is 14.3 Å². The number of amides is 2. The Kier molecular flexibility index (Phi) is 11.3. The maximum absolute atomic E-state index is 12.7. The van der Waals surface area contributed by atoms with Gasteiger partial charge >= 0.3 is 0 Å². The van der Waals surface area contributed by atoms with E-state index in [4.69, 9.17) is 17.0 Å². The van der Waals surface area contributed by atoms with Crippen LogP contribution in [-0.4, -0.2) is 54.6 Å². The van der Waals surface area contributed by atoms with E-state index in [0.29, 0.717) is 35.7 Å². The van der Waals surface area contributed by atoms with Crippen molar-refractivity contribution in [1.29, 1.82) is 0 Å². The first-order chi connectivity index (χ1) is 15.9. The molecule has 2 aromatic carbocycles. The van der Waals surface area contributed by atoms with Gasteiger partial charge in [-0.15, -0.1) is 0 Å². The standard InChI is InChI=1S/C24H31BrN4O3S/c1-4-15-32-21-12-9-18(25)16-20(21)23(31)28-24(33)27-19-10-7-17(8-11-19)22(30)26-13-14-29(5-2)6-3/h7-12,16H,4-6,13-15H2,1-3H3,(H,26,30)(H2,27,28,31,33). The molecule has 0 saturated heterocycles. The van der Waals surface area contributed by atoms with Crippen molar-refractivity contribution in [2.45, 2.75) is 27.2 Å². The van der Waals surface area contributed by atoms with Gasteiger partial charge in [-0.3, -0.25) is 14.9 Å². The van der Waals surface area contributed by atoms with Crippen molar-refractivity contribution in [2.75, 3.05) is 38.1 Å². The van der Waals surface area contributed by atoms with Crippen LogP contribution in [-0.2, 0) is 0 Å². The molecule has 9 heteroatoms. The number of nitrogens with one attached hydrogen (secondary N) is 3. The van der Waals surface area contributed by atoms with Gasteiger partial charge in [-0.25, -0.2) is 0 Å². The predicted octanol–water partition coefficient (Wildman–Crippen LogP) is 4.44. The summed E-state index contributed by atoms with van der Waals surface area (Å²) in [5, 5.41) is 8.72. The molecule has 7 nitrogen and oxygen atoms in total. The molecule has 178 valence electrons. The number of benzene rings is 2. The topological polar surface area (TPSA) is 82.7 Å². The van der Waals surface area contributed by atoms with E-state index in [1.54, 1.807) is 36.4 Å². The summed E-state index contributed by atoms with van der Waals surface area (Å²) in [6, 6.07) is 12.2. The molecule has 0 aliphatic carbocycles. The summed E-state index contributed by atoms with van der Waals surface area (Å²) in [6.45, 7) is 10.0. The maximum Gasteiger partial charge on any atom is 0.261 e. The number of hydrogen-bond acceptors (Lipinski definition) is 5. The van der Waals surface area contributed by atoms with Crippen LogP contribution in [0.25, 0.3) is 0 Å². The minimum Gasteiger partial charge on any atom is -0.493 e. The van der Waals surface area contributed by atoms with Crippen LogP contribution in [0, 0.1) is 0 Å². The third kappa shape index (κ3) is 8.75. The van der Waals surface area contributed by atoms with Crippen molar-refractivity contribution in [3.63, 3.8) is 0 Å². The van der Waals surface area contributed by atoms with Crippen LogP contribution in [0.4, 0.5) is 5.69 Å². The number of carbonyl (C=O) groups is 2. The molecule has 0 aromatic heterocycles. The normalized spacial score (nSPS) is 10.6. The molecular weight excluding hydrogens is 504 g/mol. The van der Waals surface area contributed by atoms with Crippen molar-refractivity contribution >= 4 is 50.8 Å². The van der Waals surface area contributed by atoms with E-state index in [9.17, 15) is 9.59 Å². The zero-order valence-electron chi connectivity index (χ0n) is 19.2. The molecule has 2 aromatic rings. The predicted molar refractivity (Wildman–Crippen MR) is 140 cm³/mol. The average Bonchev–Trinajstić information content (AvgIpc) is 2.81. The number of halogens is 1. The zero-order chi connectivity index (χ0) is 24.2. The minimum atomic E-state index is -0.371. The Morgan fingerprint density at radius 1 is 1.03 bits per heavy atom. The Bertz CT molecular complexity index is 949. The Morgan fingerprint density at radius 2 is 1.73 bits per heavy atom. The summed E-state index contributed by atoms with van der Waals surface area (Å²) in [5.41, 5.74) is 1.61. The molecule has 33 heavy (non-hydrogen) atoms. The van der Waals surface area contributed by atoms with Gasteiger partial charge in [0.05, 0.1) is 12.2 Å². The fourth-order valence-electron chi connectivity index (χ4n) is 3.02. The van der Waals surface area contributed by atoms with Gasteiger partial charge in [0.1, 0.15) is 5.75 Å². The molecule has 0 aliphatic heterocycles. The second kappa shape index (κ2) is 13.9. The van der Waals surface area contributed by atoms with Crippen LogP contribution in [0.15, 0.2) is 46.9 Å². The Balaban J connectivity index is 1.91. The van der Waals surface area contributed by atoms with Crippen LogP contribution in [0.1, 0.15) is 47.9 Å². The first kappa shape index (κ1) is 26.8. The van der Waals surface area contributed by atoms with Crippen LogP contribution in [0.3, 0.4) is 0 Å². The van der Waals surface area contributed by atoms with Crippen LogP contribution >= 0.6 is 28.1 Å². The highest BCUT2D eigenvalue weighted by Crippen LogP contribution is 2.23. The molecule has 0 spiro atoms. The first-order valence-corrected chi connectivity index (χ1v) is 12.2. The Morgan fingerprint density at radius 3 is 2.36 bits per heavy atom. The fourth-order valence-corrected chi connectivity index (χ4v) is 3.60. The molecule has 2 amide bonds. The molecule has 0 saturated carbocycles. The summed E-state index contributed by atoms with van der Waals surface area (Å²) < 4.78 is 6.43. The highest BCUT2D eigenvalue weighted by atomic mass is 79.9. The maximum atomic E-state index is 12.7. The molecule has 0 bridgehead atoms. The number of likely N-dealkylation sites (N-methyl/N-ethyl adjacent to an activating group) is 1. The summed E-state index contributed by atoms with van der Waals surface area (Å²) in [5.74, 6) is -0.000313. The molecule has 0 heterocycles. The van der Waals surface area contributed by atoms with E-state index in [2.05, 4.69) is 50.6 Å². The molecule has 0 radical (unpaired) electrons. The van der Waals surface area contributed by atoms with Crippen LogP contribution < -0.4 is 20.7 Å². The van der Waals surface area contributed by atoms with Crippen molar-refractivity contribution in [1.82, 2.24) is 15.5 Å². The number of ether oxygens (including phenoxy) is 1. The second-order valence-electron chi connectivity index (χ2n) is 7.26. The Labute approximate surface area is 209 Å². The highest BCUT2D eigenvalue weighted by molar-refractivity contribution is 9.10. The first-order valence-electron chi connectivity index (χ1n) is 11.0. The van der Waals surface area contributed by atoms with E-state index >= 15 is 0 Å². The largest absolute Gasteiger partial charge is 0.493 e. The van der Waals surface area contributed by atoms with E-state index < -0.39 is 0 Å². The van der Waals surface area contributed by atoms with Crippen molar-refractivity contribution in [3.8, 4) is 5.75 Å². The molecular formula is C24H31BrN4O3S. The minimum absolute atomic E-state index is 0.126. The molecule has 3 N–H and O–H groups in total. The average molecular weight is 536 g/mol. The number of nitrogens with zero attached hydrogens (tertiary/aromatic N) is 1. The monoisotopic (exact) mass is 534 g/mol. The molecule has 0 fully saturated rings. The lowest BCUT2D eigenvalue weighted by atomic mass is 10.2. The Hall–Kier alpha value is -2.49. The second-order valence-corrected chi connectivity index (χ2v) is 8.58. The number of anilines is 1. The van der Waals surface area contributed by atoms with Gasteiger partial charge in [-0.1, -0.05) is 36.7 Å². The summed E-state index contributed by atoms with van der Waals surface area (Å²) in [7, 11) is 0. The number of hydrogen-bond donors (Lipinski definition) is 3. The summed E-state index contributed by atoms with van der Waals surface area (Å²) in [6.07, 6.45) is 0.834. The van der Waals surface area contributed by atoms with Gasteiger partial charge in [-0.05, 0) is 74.2 Å². The smallest absolute Gasteiger partial charge is 0.261 e. The number of thiocarbonyl (C=S) groups is 1. The lowest BCUT2D eigenvalue weighted by Crippen LogP contribution is -2.35. The molecule has 0 aliphatic rings. The highest BCUT2D eigenvalue weighted by Gasteiger charge is 2.15. The van der Waals surface area contributed by atoms with E-state index in [0.717, 1.165) is 30.5 Å². The zero-order valence-corrected chi connectivity index (χ0v) is 21.6. The van der Waals surface area contributed by atoms with Crippen LogP contribution in [0.5, 0.6) is 5.75 Å². The lowest BCUT2D eigenvalue weighted by molar-refractivity contribution is 0.0946. The third-order valence-electron chi connectivity index (χ3n) is 4.89. The SMILES string of the molecule is CCCOc1ccc(Br)cc1C(=O)NC(=S)Nc1ccc(C(=O)NCCN(CC)CC)cc1. The van der Waals surface area contributed by atoms with Gasteiger partial charge < -0.3 is 20.3 Å². The van der Waals surface area contributed by atoms with Crippen molar-refractivity contribution in [2.24, 2.45) is 0 Å². The summed E-state index contributed by atoms with van der Waals surface area (Å²) in [4.78, 5) is 27.3. The quantitative estimate of drug-likeness (QED) is 0.370. The summed E-state index contributed by atoms with van der Waals surface area (Å²) >= 11 is 8.67. The number of rotatable bonds is 11. The third-order valence-corrected chi connectivity index (χ3v) is 5.59. The number of carbonyl (C=O) groups excluding carboxylic acids is 2. The van der Waals surface area contributed by atoms with Crippen molar-refractivity contribution in [3.05, 3.63) is 58.1 Å². The molecule has 0 unspecified atom stereocenters. The van der Waals surface area contributed by atoms with Gasteiger partial charge in [0.25, 0.3) is 11.8 Å². The van der Waals surface area contributed by atoms with E-state index in [1.165, 1.54) is 0 Å². The van der Waals surface area contributed by atoms with E-state index in [-0.39, 0.29) is 16.9 Å². The van der Waals surface area contributed by atoms with Gasteiger partial charge in [0, 0.05) is 28.8 Å². The van der Waals surface area contributed by atoms with Crippen LogP contribution in [0.2, 0.25) is 0 Å². The van der Waals surface area contributed by atoms with E-state index in [1.807, 2.05) is 13.0 Å². The lowest BCUT2D eigenvalue weighted by Gasteiger charge is -2.18. The molecule has 0 atom stereocenters. The van der Waals surface area contributed by atoms with Gasteiger partial charge in [-0.2, -0.15) is 0 Å². The fraction of sp³-hybridized carbons (Fsp3) is 0.375. The van der Waals surface area contributed by atoms with Gasteiger partial charge in [0.2, 0.25) is 0 Å². The van der Waals surface area contributed by atoms with Gasteiger partial charge in [0.15, 0.2) is 5.11 Å². The molecule has 2 rings (SSSR count).